The molecular formula is C8H7Si. The van der Waals surface area contributed by atoms with Crippen LogP contribution >= 0.6 is 0 Å². The number of rotatable bonds is 0. The van der Waals surface area contributed by atoms with E-state index in [-0.39, 0.29) is 0 Å². The Balaban J connectivity index is 2.63. The summed E-state index contributed by atoms with van der Waals surface area (Å²) in [4.78, 5) is 0. The van der Waals surface area contributed by atoms with E-state index in [2.05, 4.69) is 29.9 Å². The minimum Gasteiger partial charge on any atom is -0.0944 e. The summed E-state index contributed by atoms with van der Waals surface area (Å²) in [5.74, 6) is 0. The lowest BCUT2D eigenvalue weighted by molar-refractivity contribution is 1.43. The van der Waals surface area contributed by atoms with E-state index in [0.29, 0.717) is 0 Å². The van der Waals surface area contributed by atoms with Crippen molar-refractivity contribution >= 4 is 20.0 Å². The third kappa shape index (κ3) is 0.774. The molecule has 1 heterocycles. The van der Waals surface area contributed by atoms with E-state index in [1.165, 1.54) is 17.2 Å². The van der Waals surface area contributed by atoms with E-state index in [1.54, 1.807) is 0 Å². The fourth-order valence-corrected chi connectivity index (χ4v) is 2.22. The molecule has 0 N–H and O–H groups in total. The van der Waals surface area contributed by atoms with Gasteiger partial charge >= 0.3 is 0 Å². The maximum Gasteiger partial charge on any atom is 0.0561 e. The van der Waals surface area contributed by atoms with Gasteiger partial charge < -0.3 is 0 Å². The highest BCUT2D eigenvalue weighted by molar-refractivity contribution is 6.63. The van der Waals surface area contributed by atoms with Gasteiger partial charge in [0.05, 0.1) is 9.13 Å². The smallest absolute Gasteiger partial charge is 0.0561 e. The summed E-state index contributed by atoms with van der Waals surface area (Å²) in [7, 11) is 0.955. The van der Waals surface area contributed by atoms with Crippen molar-refractivity contribution in [2.24, 2.45) is 0 Å². The van der Waals surface area contributed by atoms with E-state index in [9.17, 15) is 0 Å². The Bertz CT molecular complexity index is 250. The lowest BCUT2D eigenvalue weighted by atomic mass is 10.2. The van der Waals surface area contributed by atoms with Crippen LogP contribution in [0, 0.1) is 0 Å². The fraction of sp³-hybridized carbons (Fsp3) is 0.125. The molecule has 1 aromatic rings. The van der Waals surface area contributed by atoms with Crippen LogP contribution in [0.15, 0.2) is 24.3 Å². The summed E-state index contributed by atoms with van der Waals surface area (Å²) in [6.07, 6.45) is 1.19. The standard InChI is InChI=1S/C8H7Si/c1-2-4-8-7(3-1)5-6-9-8/h1-4,6H,5H2. The van der Waals surface area contributed by atoms with E-state index in [1.807, 2.05) is 0 Å². The molecule has 1 radical (unpaired) electrons. The normalized spacial score (nSPS) is 13.8. The second-order valence-corrected chi connectivity index (χ2v) is 3.45. The Kier molecular flexibility index (Phi) is 1.09. The molecular weight excluding hydrogens is 124 g/mol. The molecule has 1 aliphatic heterocycles. The van der Waals surface area contributed by atoms with Crippen LogP contribution in [-0.4, -0.2) is 14.8 Å². The molecule has 9 heavy (non-hydrogen) atoms. The first kappa shape index (κ1) is 5.12. The minimum absolute atomic E-state index is 0.955. The number of hydrogen-bond donors (Lipinski definition) is 0. The minimum atomic E-state index is 0.955. The summed E-state index contributed by atoms with van der Waals surface area (Å²) < 4.78 is 0. The van der Waals surface area contributed by atoms with Crippen LogP contribution in [-0.2, 0) is 6.42 Å². The molecule has 0 amide bonds. The quantitative estimate of drug-likeness (QED) is 0.446. The molecule has 0 unspecified atom stereocenters. The molecule has 0 aromatic heterocycles. The topological polar surface area (TPSA) is 0 Å². The van der Waals surface area contributed by atoms with Crippen LogP contribution in [0.25, 0.3) is 0 Å². The first-order valence-electron chi connectivity index (χ1n) is 3.13. The van der Waals surface area contributed by atoms with Crippen molar-refractivity contribution < 1.29 is 0 Å². The van der Waals surface area contributed by atoms with Crippen molar-refractivity contribution in [3.63, 3.8) is 0 Å². The molecule has 2 rings (SSSR count). The Morgan fingerprint density at radius 2 is 2.11 bits per heavy atom. The van der Waals surface area contributed by atoms with Crippen molar-refractivity contribution in [3.8, 4) is 0 Å². The first-order chi connectivity index (χ1) is 4.47. The largest absolute Gasteiger partial charge is 0.0944 e. The van der Waals surface area contributed by atoms with Crippen molar-refractivity contribution in [1.82, 2.24) is 0 Å². The van der Waals surface area contributed by atoms with Gasteiger partial charge in [0.25, 0.3) is 0 Å². The zero-order valence-corrected chi connectivity index (χ0v) is 6.09. The van der Waals surface area contributed by atoms with Gasteiger partial charge in [-0.2, -0.15) is 0 Å². The van der Waals surface area contributed by atoms with Crippen LogP contribution in [0.1, 0.15) is 5.56 Å². The monoisotopic (exact) mass is 131 g/mol. The van der Waals surface area contributed by atoms with E-state index in [4.69, 9.17) is 0 Å². The maximum atomic E-state index is 2.35. The molecule has 0 saturated heterocycles. The van der Waals surface area contributed by atoms with E-state index < -0.39 is 0 Å². The molecule has 0 bridgehead atoms. The third-order valence-electron chi connectivity index (χ3n) is 1.60. The fourth-order valence-electron chi connectivity index (χ4n) is 1.11. The predicted molar refractivity (Wildman–Crippen MR) is 41.6 cm³/mol. The van der Waals surface area contributed by atoms with Crippen LogP contribution in [0.5, 0.6) is 0 Å². The summed E-state index contributed by atoms with van der Waals surface area (Å²) in [6.45, 7) is 0. The maximum absolute atomic E-state index is 2.35. The van der Waals surface area contributed by atoms with Crippen LogP contribution < -0.4 is 5.19 Å². The van der Waals surface area contributed by atoms with Crippen molar-refractivity contribution in [2.75, 3.05) is 0 Å². The molecule has 0 aliphatic carbocycles. The van der Waals surface area contributed by atoms with Gasteiger partial charge in [-0.15, -0.1) is 0 Å². The summed E-state index contributed by atoms with van der Waals surface area (Å²) in [5.41, 5.74) is 3.88. The van der Waals surface area contributed by atoms with Crippen LogP contribution in [0.3, 0.4) is 0 Å². The summed E-state index contributed by atoms with van der Waals surface area (Å²) in [5, 5.41) is 1.54. The number of hydrogen-bond acceptors (Lipinski definition) is 0. The van der Waals surface area contributed by atoms with Gasteiger partial charge in [0.15, 0.2) is 0 Å². The van der Waals surface area contributed by atoms with Gasteiger partial charge in [0.1, 0.15) is 0 Å². The highest BCUT2D eigenvalue weighted by atomic mass is 28.2. The number of benzene rings is 1. The molecule has 0 spiro atoms. The van der Waals surface area contributed by atoms with Gasteiger partial charge in [0, 0.05) is 0 Å². The molecule has 0 fully saturated rings. The molecule has 0 atom stereocenters. The zero-order chi connectivity index (χ0) is 6.10. The zero-order valence-electron chi connectivity index (χ0n) is 5.09. The second kappa shape index (κ2) is 1.92. The van der Waals surface area contributed by atoms with Gasteiger partial charge in [-0.1, -0.05) is 29.9 Å². The lowest BCUT2D eigenvalue weighted by Gasteiger charge is -1.93. The Morgan fingerprint density at radius 3 is 3.00 bits per heavy atom. The highest BCUT2D eigenvalue weighted by Crippen LogP contribution is 1.97. The lowest BCUT2D eigenvalue weighted by Crippen LogP contribution is -2.05. The van der Waals surface area contributed by atoms with Crippen molar-refractivity contribution in [3.05, 3.63) is 29.8 Å². The molecule has 43 valence electrons. The molecule has 1 heteroatoms. The molecule has 0 saturated carbocycles. The van der Waals surface area contributed by atoms with E-state index in [0.717, 1.165) is 9.13 Å². The van der Waals surface area contributed by atoms with Crippen LogP contribution in [0.4, 0.5) is 0 Å². The van der Waals surface area contributed by atoms with Gasteiger partial charge in [-0.3, -0.25) is 0 Å². The Labute approximate surface area is 57.0 Å². The second-order valence-electron chi connectivity index (χ2n) is 2.21. The van der Waals surface area contributed by atoms with Gasteiger partial charge in [-0.25, -0.2) is 0 Å². The third-order valence-corrected chi connectivity index (χ3v) is 2.80. The van der Waals surface area contributed by atoms with Gasteiger partial charge in [-0.05, 0) is 17.2 Å². The number of fused-ring (bicyclic) bond motifs is 1. The summed E-state index contributed by atoms with van der Waals surface area (Å²) in [6, 6.07) is 8.66. The SMILES string of the molecule is C1=[Si]c2ccccc2C1. The molecule has 1 aromatic carbocycles. The van der Waals surface area contributed by atoms with E-state index >= 15 is 0 Å². The van der Waals surface area contributed by atoms with Crippen molar-refractivity contribution in [2.45, 2.75) is 6.42 Å². The summed E-state index contributed by atoms with van der Waals surface area (Å²) >= 11 is 0. The van der Waals surface area contributed by atoms with Gasteiger partial charge in [0.2, 0.25) is 0 Å². The predicted octanol–water partition coefficient (Wildman–Crippen LogP) is 0.374. The first-order valence-corrected chi connectivity index (χ1v) is 4.21. The highest BCUT2D eigenvalue weighted by Gasteiger charge is 2.00. The molecule has 1 aliphatic rings. The average molecular weight is 131 g/mol. The van der Waals surface area contributed by atoms with Crippen molar-refractivity contribution in [1.29, 1.82) is 0 Å². The van der Waals surface area contributed by atoms with Crippen LogP contribution in [0.2, 0.25) is 0 Å². The molecule has 0 nitrogen and oxygen atoms in total. The average Bonchev–Trinajstić information content (AvgIpc) is 2.33. The Hall–Kier alpha value is -0.693. The Morgan fingerprint density at radius 1 is 1.22 bits per heavy atom.